The molecular weight excluding hydrogens is 721 g/mol. The van der Waals surface area contributed by atoms with Gasteiger partial charge in [-0.05, 0) is 82.8 Å². The number of furan rings is 1. The van der Waals surface area contributed by atoms with Crippen LogP contribution in [0.3, 0.4) is 0 Å². The molecule has 3 N–H and O–H groups in total. The second kappa shape index (κ2) is 29.7. The number of hydrogen-bond acceptors (Lipinski definition) is 10. The number of phosphoric ester groups is 1. The molecule has 2 heterocycles. The average molecular weight is 794 g/mol. The molecule has 0 aliphatic carbocycles. The van der Waals surface area contributed by atoms with Gasteiger partial charge in [0.15, 0.2) is 6.10 Å². The number of esters is 2. The van der Waals surface area contributed by atoms with Gasteiger partial charge in [-0.3, -0.25) is 18.6 Å². The predicted molar refractivity (Wildman–Crippen MR) is 218 cm³/mol. The van der Waals surface area contributed by atoms with Crippen LogP contribution in [0.5, 0.6) is 0 Å². The van der Waals surface area contributed by atoms with Gasteiger partial charge in [-0.1, -0.05) is 95.2 Å². The maximum atomic E-state index is 12.6. The second-order valence-corrected chi connectivity index (χ2v) is 15.9. The van der Waals surface area contributed by atoms with Crippen LogP contribution in [0.15, 0.2) is 40.9 Å². The highest BCUT2D eigenvalue weighted by Crippen LogP contribution is 2.43. The van der Waals surface area contributed by atoms with E-state index in [1.165, 1.54) is 36.8 Å². The molecule has 1 aliphatic heterocycles. The number of allylic oxidation sites excluding steroid dienone is 5. The first-order chi connectivity index (χ1) is 26.6. The molecule has 0 radical (unpaired) electrons. The van der Waals surface area contributed by atoms with Gasteiger partial charge in [-0.25, -0.2) is 4.57 Å². The lowest BCUT2D eigenvalue weighted by Crippen LogP contribution is -2.29. The number of epoxide rings is 1. The molecule has 1 saturated heterocycles. The number of unbranched alkanes of at least 4 members (excludes halogenated alkanes) is 8. The minimum absolute atomic E-state index is 0.0342. The van der Waals surface area contributed by atoms with Crippen molar-refractivity contribution in [3.8, 4) is 0 Å². The maximum absolute atomic E-state index is 12.6. The van der Waals surface area contributed by atoms with E-state index in [1.807, 2.05) is 6.08 Å². The molecule has 11 nitrogen and oxygen atoms in total. The summed E-state index contributed by atoms with van der Waals surface area (Å²) in [4.78, 5) is 34.9. The Morgan fingerprint density at radius 2 is 1.42 bits per heavy atom. The monoisotopic (exact) mass is 793 g/mol. The molecule has 4 atom stereocenters. The summed E-state index contributed by atoms with van der Waals surface area (Å²) in [6, 6.07) is 0. The Hall–Kier alpha value is -2.53. The number of nitrogens with two attached hydrogens (primary N) is 1. The van der Waals surface area contributed by atoms with E-state index < -0.39 is 32.5 Å². The molecule has 0 bridgehead atoms. The van der Waals surface area contributed by atoms with Crippen LogP contribution in [-0.2, 0) is 50.3 Å². The third kappa shape index (κ3) is 23.3. The standard InChI is InChI=1S/C43H72NO10P/c1-5-7-20-27-40-41(54-40)28-22-17-12-10-8-9-11-13-19-24-30-43(46)52-37(34-51-55(47,48)50-32-31-44)33-49-42(45)29-23-18-15-14-16-21-26-39-36(4)35(3)38(53-39)25-6-2/h8,10-11,13,17,22,37,40-41H,5-7,9,12,14-16,18-21,23-34,44H2,1-4H3,(H,47,48)/b10-8-,13-11-,22-17-/t37-,40?,41?/m1/s1. The lowest BCUT2D eigenvalue weighted by Gasteiger charge is -2.19. The Kier molecular flexibility index (Phi) is 26.2. The van der Waals surface area contributed by atoms with Crippen LogP contribution >= 0.6 is 7.82 Å². The number of phosphoric acid groups is 1. The molecule has 2 rings (SSSR count). The van der Waals surface area contributed by atoms with Gasteiger partial charge >= 0.3 is 19.8 Å². The van der Waals surface area contributed by atoms with Gasteiger partial charge in [0.1, 0.15) is 18.1 Å². The van der Waals surface area contributed by atoms with Crippen molar-refractivity contribution in [3.63, 3.8) is 0 Å². The maximum Gasteiger partial charge on any atom is 0.472 e. The number of rotatable bonds is 34. The van der Waals surface area contributed by atoms with Gasteiger partial charge in [0.2, 0.25) is 0 Å². The number of aryl methyl sites for hydroxylation is 2. The first-order valence-electron chi connectivity index (χ1n) is 20.9. The molecule has 12 heteroatoms. The van der Waals surface area contributed by atoms with Crippen molar-refractivity contribution < 1.29 is 46.7 Å². The summed E-state index contributed by atoms with van der Waals surface area (Å²) < 4.78 is 44.6. The Bertz CT molecular complexity index is 1340. The van der Waals surface area contributed by atoms with Gasteiger partial charge in [0, 0.05) is 32.2 Å². The second-order valence-electron chi connectivity index (χ2n) is 14.5. The van der Waals surface area contributed by atoms with Crippen molar-refractivity contribution in [1.29, 1.82) is 0 Å². The Morgan fingerprint density at radius 1 is 0.764 bits per heavy atom. The van der Waals surface area contributed by atoms with E-state index >= 15 is 0 Å². The molecular formula is C43H72NO10P. The van der Waals surface area contributed by atoms with E-state index in [-0.39, 0.29) is 32.6 Å². The Labute approximate surface area is 331 Å². The number of ether oxygens (including phenoxy) is 3. The lowest BCUT2D eigenvalue weighted by atomic mass is 10.0. The summed E-state index contributed by atoms with van der Waals surface area (Å²) in [6.45, 7) is 7.77. The smallest absolute Gasteiger partial charge is 0.466 e. The van der Waals surface area contributed by atoms with E-state index in [9.17, 15) is 19.0 Å². The highest BCUT2D eigenvalue weighted by Gasteiger charge is 2.36. The first-order valence-corrected chi connectivity index (χ1v) is 22.4. The molecule has 3 unspecified atom stereocenters. The van der Waals surface area contributed by atoms with Crippen molar-refractivity contribution in [1.82, 2.24) is 0 Å². The van der Waals surface area contributed by atoms with E-state index in [4.69, 9.17) is 33.4 Å². The molecule has 0 aromatic carbocycles. The Morgan fingerprint density at radius 3 is 2.13 bits per heavy atom. The lowest BCUT2D eigenvalue weighted by molar-refractivity contribution is -0.161. The molecule has 1 aliphatic rings. The number of carbonyl (C=O) groups is 2. The highest BCUT2D eigenvalue weighted by molar-refractivity contribution is 7.47. The predicted octanol–water partition coefficient (Wildman–Crippen LogP) is 10.0. The summed E-state index contributed by atoms with van der Waals surface area (Å²) in [6.07, 6.45) is 30.7. The van der Waals surface area contributed by atoms with Crippen LogP contribution in [0.1, 0.15) is 152 Å². The molecule has 0 spiro atoms. The SMILES string of the molecule is CCCCCC1OC1C/C=C\C/C=C\C/C=C\CCCC(=O)O[C@H](COC(=O)CCCCCCCCc1oc(CCC)c(C)c1C)COP(=O)(O)OCCN. The average Bonchev–Trinajstić information content (AvgIpc) is 3.86. The van der Waals surface area contributed by atoms with Crippen LogP contribution < -0.4 is 5.73 Å². The summed E-state index contributed by atoms with van der Waals surface area (Å²) >= 11 is 0. The van der Waals surface area contributed by atoms with E-state index in [0.717, 1.165) is 82.1 Å². The number of carbonyl (C=O) groups excluding carboxylic acids is 2. The van der Waals surface area contributed by atoms with Gasteiger partial charge in [-0.2, -0.15) is 0 Å². The zero-order valence-corrected chi connectivity index (χ0v) is 35.2. The minimum atomic E-state index is -4.41. The molecule has 55 heavy (non-hydrogen) atoms. The van der Waals surface area contributed by atoms with Crippen molar-refractivity contribution in [2.24, 2.45) is 5.73 Å². The van der Waals surface area contributed by atoms with Crippen molar-refractivity contribution >= 4 is 19.8 Å². The van der Waals surface area contributed by atoms with Crippen LogP contribution in [0.4, 0.5) is 0 Å². The van der Waals surface area contributed by atoms with Crippen LogP contribution in [0, 0.1) is 13.8 Å². The fourth-order valence-corrected chi connectivity index (χ4v) is 6.94. The van der Waals surface area contributed by atoms with Crippen LogP contribution in [-0.4, -0.2) is 61.5 Å². The summed E-state index contributed by atoms with van der Waals surface area (Å²) in [5.41, 5.74) is 7.91. The number of hydrogen-bond donors (Lipinski definition) is 2. The Balaban J connectivity index is 1.60. The van der Waals surface area contributed by atoms with Crippen molar-refractivity contribution in [2.75, 3.05) is 26.4 Å². The van der Waals surface area contributed by atoms with Gasteiger partial charge < -0.3 is 29.3 Å². The van der Waals surface area contributed by atoms with Crippen LogP contribution in [0.2, 0.25) is 0 Å². The summed E-state index contributed by atoms with van der Waals surface area (Å²) in [5, 5.41) is 0. The molecule has 0 saturated carbocycles. The van der Waals surface area contributed by atoms with Gasteiger partial charge in [0.05, 0.1) is 25.4 Å². The fraction of sp³-hybridized carbons (Fsp3) is 0.721. The quantitative estimate of drug-likeness (QED) is 0.0225. The van der Waals surface area contributed by atoms with Crippen molar-refractivity contribution in [2.45, 2.75) is 174 Å². The fourth-order valence-electron chi connectivity index (χ4n) is 6.18. The zero-order valence-electron chi connectivity index (χ0n) is 34.3. The zero-order chi connectivity index (χ0) is 40.2. The third-order valence-electron chi connectivity index (χ3n) is 9.63. The normalized spacial score (nSPS) is 17.3. The molecule has 1 aromatic heterocycles. The summed E-state index contributed by atoms with van der Waals surface area (Å²) in [5.74, 6) is 1.30. The van der Waals surface area contributed by atoms with Crippen LogP contribution in [0.25, 0.3) is 0 Å². The first kappa shape index (κ1) is 48.6. The van der Waals surface area contributed by atoms with E-state index in [1.54, 1.807) is 0 Å². The van der Waals surface area contributed by atoms with Crippen molar-refractivity contribution in [3.05, 3.63) is 59.1 Å². The van der Waals surface area contributed by atoms with E-state index in [0.29, 0.717) is 31.5 Å². The largest absolute Gasteiger partial charge is 0.472 e. The highest BCUT2D eigenvalue weighted by atomic mass is 31.2. The molecule has 314 valence electrons. The summed E-state index contributed by atoms with van der Waals surface area (Å²) in [7, 11) is -4.41. The van der Waals surface area contributed by atoms with Gasteiger partial charge in [0.25, 0.3) is 0 Å². The molecule has 0 amide bonds. The topological polar surface area (TPSA) is 160 Å². The van der Waals surface area contributed by atoms with Gasteiger partial charge in [-0.15, -0.1) is 0 Å². The van der Waals surface area contributed by atoms with E-state index in [2.05, 4.69) is 58.1 Å². The molecule has 1 fully saturated rings. The minimum Gasteiger partial charge on any atom is -0.466 e. The molecule has 1 aromatic rings. The third-order valence-corrected chi connectivity index (χ3v) is 10.6.